The Morgan fingerprint density at radius 3 is 2.61 bits per heavy atom. The van der Waals surface area contributed by atoms with Gasteiger partial charge < -0.3 is 4.57 Å². The van der Waals surface area contributed by atoms with Crippen molar-refractivity contribution in [2.24, 2.45) is 0 Å². The van der Waals surface area contributed by atoms with Crippen LogP contribution in [0.2, 0.25) is 5.02 Å². The van der Waals surface area contributed by atoms with Crippen LogP contribution in [0.4, 0.5) is 10.5 Å². The maximum absolute atomic E-state index is 13.1. The number of nitriles is 1. The lowest BCUT2D eigenvalue weighted by Gasteiger charge is -2.12. The third-order valence-electron chi connectivity index (χ3n) is 5.44. The molecule has 33 heavy (non-hydrogen) atoms. The number of aromatic nitrogens is 1. The van der Waals surface area contributed by atoms with Crippen LogP contribution in [-0.4, -0.2) is 15.7 Å². The monoisotopic (exact) mass is 469 g/mol. The molecular formula is C26H16ClN3O2S. The van der Waals surface area contributed by atoms with Gasteiger partial charge in [-0.3, -0.25) is 9.59 Å². The molecule has 1 aromatic heterocycles. The highest BCUT2D eigenvalue weighted by Crippen LogP contribution is 2.37. The number of carbonyl (C=O) groups is 2. The van der Waals surface area contributed by atoms with E-state index in [1.807, 2.05) is 48.7 Å². The molecule has 2 amide bonds. The first kappa shape index (κ1) is 21.1. The number of nitrogens with zero attached hydrogens (tertiary/aromatic N) is 3. The first-order valence-corrected chi connectivity index (χ1v) is 11.3. The normalized spacial score (nSPS) is 14.9. The molecule has 2 heterocycles. The van der Waals surface area contributed by atoms with Crippen LogP contribution in [0.15, 0.2) is 83.9 Å². The van der Waals surface area contributed by atoms with Crippen molar-refractivity contribution in [3.63, 3.8) is 0 Å². The van der Waals surface area contributed by atoms with E-state index < -0.39 is 0 Å². The molecule has 0 spiro atoms. The number of imide groups is 1. The summed E-state index contributed by atoms with van der Waals surface area (Å²) < 4.78 is 2.05. The summed E-state index contributed by atoms with van der Waals surface area (Å²) in [4.78, 5) is 27.2. The Bertz CT molecular complexity index is 1500. The van der Waals surface area contributed by atoms with E-state index in [9.17, 15) is 14.9 Å². The molecule has 3 aromatic carbocycles. The molecule has 0 bridgehead atoms. The van der Waals surface area contributed by atoms with Gasteiger partial charge in [0.2, 0.25) is 0 Å². The lowest BCUT2D eigenvalue weighted by molar-refractivity contribution is -0.113. The molecular weight excluding hydrogens is 454 g/mol. The number of halogens is 1. The third kappa shape index (κ3) is 3.93. The van der Waals surface area contributed by atoms with Crippen LogP contribution in [-0.2, 0) is 11.3 Å². The first-order valence-electron chi connectivity index (χ1n) is 10.1. The van der Waals surface area contributed by atoms with Crippen molar-refractivity contribution < 1.29 is 9.59 Å². The van der Waals surface area contributed by atoms with E-state index in [1.54, 1.807) is 36.4 Å². The summed E-state index contributed by atoms with van der Waals surface area (Å²) in [5, 5.41) is 10.5. The number of hydrogen-bond donors (Lipinski definition) is 0. The lowest BCUT2D eigenvalue weighted by Crippen LogP contribution is -2.27. The van der Waals surface area contributed by atoms with E-state index in [-0.39, 0.29) is 11.1 Å². The summed E-state index contributed by atoms with van der Waals surface area (Å²) in [6.07, 6.45) is 3.71. The highest BCUT2D eigenvalue weighted by molar-refractivity contribution is 8.19. The van der Waals surface area contributed by atoms with Gasteiger partial charge in [0.15, 0.2) is 0 Å². The summed E-state index contributed by atoms with van der Waals surface area (Å²) >= 11 is 6.96. The van der Waals surface area contributed by atoms with Crippen LogP contribution in [0.25, 0.3) is 17.0 Å². The van der Waals surface area contributed by atoms with E-state index in [1.165, 1.54) is 0 Å². The molecule has 0 saturated carbocycles. The van der Waals surface area contributed by atoms with Crippen molar-refractivity contribution in [3.05, 3.63) is 106 Å². The van der Waals surface area contributed by atoms with Gasteiger partial charge in [0.25, 0.3) is 11.1 Å². The molecule has 160 valence electrons. The largest absolute Gasteiger partial charge is 0.342 e. The van der Waals surface area contributed by atoms with Gasteiger partial charge in [-0.05, 0) is 53.7 Å². The fourth-order valence-electron chi connectivity index (χ4n) is 3.92. The number of anilines is 1. The van der Waals surface area contributed by atoms with Crippen LogP contribution in [0.5, 0.6) is 0 Å². The van der Waals surface area contributed by atoms with Gasteiger partial charge in [0, 0.05) is 34.2 Å². The molecule has 1 aliphatic rings. The minimum absolute atomic E-state index is 0.348. The molecule has 0 radical (unpaired) electrons. The number of fused-ring (bicyclic) bond motifs is 1. The Morgan fingerprint density at radius 2 is 1.79 bits per heavy atom. The molecule has 1 fully saturated rings. The van der Waals surface area contributed by atoms with Crippen molar-refractivity contribution >= 4 is 57.2 Å². The van der Waals surface area contributed by atoms with Gasteiger partial charge in [0.1, 0.15) is 0 Å². The average molecular weight is 470 g/mol. The number of amides is 2. The second-order valence-corrected chi connectivity index (χ2v) is 8.93. The summed E-state index contributed by atoms with van der Waals surface area (Å²) in [5.74, 6) is -0.376. The highest BCUT2D eigenvalue weighted by Gasteiger charge is 2.36. The highest BCUT2D eigenvalue weighted by atomic mass is 35.5. The van der Waals surface area contributed by atoms with Gasteiger partial charge >= 0.3 is 0 Å². The number of carbonyl (C=O) groups excluding carboxylic acids is 2. The Balaban J connectivity index is 1.54. The van der Waals surface area contributed by atoms with Gasteiger partial charge in [0.05, 0.1) is 22.2 Å². The minimum atomic E-state index is -0.376. The number of para-hydroxylation sites is 1. The molecule has 1 saturated heterocycles. The van der Waals surface area contributed by atoms with Gasteiger partial charge in [-0.15, -0.1) is 0 Å². The lowest BCUT2D eigenvalue weighted by atomic mass is 10.1. The fourth-order valence-corrected chi connectivity index (χ4v) is 4.94. The number of rotatable bonds is 4. The number of thioether (sulfide) groups is 1. The second-order valence-electron chi connectivity index (χ2n) is 7.50. The van der Waals surface area contributed by atoms with Crippen molar-refractivity contribution in [2.45, 2.75) is 6.54 Å². The van der Waals surface area contributed by atoms with Gasteiger partial charge in [-0.1, -0.05) is 54.1 Å². The van der Waals surface area contributed by atoms with Gasteiger partial charge in [-0.25, -0.2) is 4.90 Å². The zero-order valence-corrected chi connectivity index (χ0v) is 18.8. The smallest absolute Gasteiger partial charge is 0.298 e. The van der Waals surface area contributed by atoms with Crippen molar-refractivity contribution in [1.29, 1.82) is 5.26 Å². The first-order chi connectivity index (χ1) is 16.0. The topological polar surface area (TPSA) is 66.1 Å². The zero-order chi connectivity index (χ0) is 22.9. The molecule has 0 aliphatic carbocycles. The quantitative estimate of drug-likeness (QED) is 0.322. The van der Waals surface area contributed by atoms with Crippen molar-refractivity contribution in [2.75, 3.05) is 4.90 Å². The number of hydrogen-bond acceptors (Lipinski definition) is 4. The summed E-state index contributed by atoms with van der Waals surface area (Å²) in [7, 11) is 0. The zero-order valence-electron chi connectivity index (χ0n) is 17.2. The van der Waals surface area contributed by atoms with Crippen molar-refractivity contribution in [1.82, 2.24) is 4.57 Å². The summed E-state index contributed by atoms with van der Waals surface area (Å²) in [5.41, 5.74) is 3.79. The SMILES string of the molecule is N#Cc1ccccc1Cn1cc(/C=C2/SC(=O)N(c3cccc(Cl)c3)C2=O)c2ccccc21. The Labute approximate surface area is 199 Å². The summed E-state index contributed by atoms with van der Waals surface area (Å²) in [6, 6.07) is 24.3. The average Bonchev–Trinajstić information content (AvgIpc) is 3.30. The van der Waals surface area contributed by atoms with E-state index in [0.717, 1.165) is 38.7 Å². The van der Waals surface area contributed by atoms with E-state index in [4.69, 9.17) is 11.6 Å². The molecule has 5 nitrogen and oxygen atoms in total. The van der Waals surface area contributed by atoms with Crippen molar-refractivity contribution in [3.8, 4) is 6.07 Å². The molecule has 1 aliphatic heterocycles. The standard InChI is InChI=1S/C26H16ClN3O2S/c27-20-8-5-9-21(13-20)30-25(31)24(33-26(30)32)12-19-16-29(23-11-4-3-10-22(19)23)15-18-7-2-1-6-17(18)14-28/h1-13,16H,15H2/b24-12+. The summed E-state index contributed by atoms with van der Waals surface area (Å²) in [6.45, 7) is 0.516. The Hall–Kier alpha value is -3.79. The van der Waals surface area contributed by atoms with Crippen LogP contribution < -0.4 is 4.90 Å². The number of benzene rings is 3. The fraction of sp³-hybridized carbons (Fsp3) is 0.0385. The second kappa shape index (κ2) is 8.62. The predicted molar refractivity (Wildman–Crippen MR) is 132 cm³/mol. The van der Waals surface area contributed by atoms with Gasteiger partial charge in [-0.2, -0.15) is 5.26 Å². The third-order valence-corrected chi connectivity index (χ3v) is 6.55. The van der Waals surface area contributed by atoms with E-state index >= 15 is 0 Å². The molecule has 5 rings (SSSR count). The van der Waals surface area contributed by atoms with Crippen LogP contribution in [0.1, 0.15) is 16.7 Å². The Morgan fingerprint density at radius 1 is 1.00 bits per heavy atom. The van der Waals surface area contributed by atoms with E-state index in [0.29, 0.717) is 27.7 Å². The van der Waals surface area contributed by atoms with Crippen LogP contribution >= 0.6 is 23.4 Å². The minimum Gasteiger partial charge on any atom is -0.342 e. The molecule has 0 atom stereocenters. The Kier molecular flexibility index (Phi) is 5.51. The molecule has 7 heteroatoms. The van der Waals surface area contributed by atoms with Crippen LogP contribution in [0, 0.1) is 11.3 Å². The molecule has 0 N–H and O–H groups in total. The molecule has 0 unspecified atom stereocenters. The van der Waals surface area contributed by atoms with Crippen LogP contribution in [0.3, 0.4) is 0 Å². The molecule has 4 aromatic rings. The maximum Gasteiger partial charge on any atom is 0.298 e. The maximum atomic E-state index is 13.1. The predicted octanol–water partition coefficient (Wildman–Crippen LogP) is 6.46. The van der Waals surface area contributed by atoms with E-state index in [2.05, 4.69) is 10.6 Å².